The van der Waals surface area contributed by atoms with Crippen LogP contribution in [-0.2, 0) is 5.54 Å². The van der Waals surface area contributed by atoms with Gasteiger partial charge in [-0.15, -0.1) is 11.3 Å². The van der Waals surface area contributed by atoms with E-state index in [0.29, 0.717) is 10.8 Å². The Hall–Kier alpha value is -1.40. The number of hydrogen-bond acceptors (Lipinski definition) is 6. The van der Waals surface area contributed by atoms with Crippen LogP contribution in [0, 0.1) is 0 Å². The standard InChI is InChI=1S/C11H13ClN4OS/c1-11(2,9-13-4-5-18-9)16-8-7(12)6-14-10(15-8)17-3/h4-6H,1-3H3,(H,14,15,16). The second-order valence-electron chi connectivity index (χ2n) is 4.14. The van der Waals surface area contributed by atoms with Crippen LogP contribution in [0.15, 0.2) is 17.8 Å². The van der Waals surface area contributed by atoms with Crippen LogP contribution in [0.25, 0.3) is 0 Å². The van der Waals surface area contributed by atoms with Gasteiger partial charge >= 0.3 is 6.01 Å². The lowest BCUT2D eigenvalue weighted by Gasteiger charge is -2.24. The van der Waals surface area contributed by atoms with Crippen LogP contribution in [0.3, 0.4) is 0 Å². The molecular weight excluding hydrogens is 272 g/mol. The number of rotatable bonds is 4. The second-order valence-corrected chi connectivity index (χ2v) is 5.44. The zero-order chi connectivity index (χ0) is 13.2. The van der Waals surface area contributed by atoms with Crippen molar-refractivity contribution < 1.29 is 4.74 Å². The zero-order valence-electron chi connectivity index (χ0n) is 10.3. The molecule has 2 aromatic heterocycles. The Morgan fingerprint density at radius 1 is 1.39 bits per heavy atom. The van der Waals surface area contributed by atoms with Crippen LogP contribution in [0.5, 0.6) is 6.01 Å². The number of anilines is 1. The lowest BCUT2D eigenvalue weighted by Crippen LogP contribution is -2.28. The van der Waals surface area contributed by atoms with Gasteiger partial charge in [-0.1, -0.05) is 11.6 Å². The first-order valence-corrected chi connectivity index (χ1v) is 6.53. The highest BCUT2D eigenvalue weighted by Gasteiger charge is 2.24. The van der Waals surface area contributed by atoms with E-state index in [0.717, 1.165) is 5.01 Å². The van der Waals surface area contributed by atoms with Crippen LogP contribution in [0.1, 0.15) is 18.9 Å². The molecule has 0 aromatic carbocycles. The van der Waals surface area contributed by atoms with Crippen molar-refractivity contribution in [1.82, 2.24) is 15.0 Å². The summed E-state index contributed by atoms with van der Waals surface area (Å²) in [4.78, 5) is 12.4. The number of halogens is 1. The molecule has 18 heavy (non-hydrogen) atoms. The SMILES string of the molecule is COc1ncc(Cl)c(NC(C)(C)c2nccs2)n1. The van der Waals surface area contributed by atoms with Crippen molar-refractivity contribution in [1.29, 1.82) is 0 Å². The molecule has 0 aliphatic rings. The van der Waals surface area contributed by atoms with E-state index >= 15 is 0 Å². The van der Waals surface area contributed by atoms with Gasteiger partial charge in [-0.05, 0) is 13.8 Å². The molecule has 2 rings (SSSR count). The van der Waals surface area contributed by atoms with Crippen molar-refractivity contribution in [2.24, 2.45) is 0 Å². The third-order valence-corrected chi connectivity index (χ3v) is 3.68. The summed E-state index contributed by atoms with van der Waals surface area (Å²) in [6, 6.07) is 0.275. The van der Waals surface area contributed by atoms with E-state index in [-0.39, 0.29) is 11.5 Å². The minimum absolute atomic E-state index is 0.275. The molecule has 0 saturated heterocycles. The van der Waals surface area contributed by atoms with Crippen molar-refractivity contribution in [2.45, 2.75) is 19.4 Å². The fourth-order valence-electron chi connectivity index (χ4n) is 1.42. The Balaban J connectivity index is 2.28. The van der Waals surface area contributed by atoms with E-state index in [1.54, 1.807) is 17.5 Å². The topological polar surface area (TPSA) is 59.9 Å². The van der Waals surface area contributed by atoms with E-state index in [2.05, 4.69) is 20.3 Å². The minimum atomic E-state index is -0.364. The lowest BCUT2D eigenvalue weighted by molar-refractivity contribution is 0.380. The highest BCUT2D eigenvalue weighted by molar-refractivity contribution is 7.09. The van der Waals surface area contributed by atoms with Gasteiger partial charge in [-0.3, -0.25) is 0 Å². The summed E-state index contributed by atoms with van der Waals surface area (Å²) in [5.41, 5.74) is -0.364. The molecule has 0 bridgehead atoms. The molecule has 0 unspecified atom stereocenters. The second kappa shape index (κ2) is 5.07. The molecule has 0 atom stereocenters. The number of thiazole rings is 1. The molecule has 2 heterocycles. The number of nitrogens with zero attached hydrogens (tertiary/aromatic N) is 3. The van der Waals surface area contributed by atoms with E-state index in [4.69, 9.17) is 16.3 Å². The molecule has 5 nitrogen and oxygen atoms in total. The van der Waals surface area contributed by atoms with Gasteiger partial charge in [-0.2, -0.15) is 4.98 Å². The first-order chi connectivity index (χ1) is 8.53. The maximum atomic E-state index is 6.06. The van der Waals surface area contributed by atoms with Crippen LogP contribution in [0.2, 0.25) is 5.02 Å². The third-order valence-electron chi connectivity index (χ3n) is 2.30. The molecule has 0 aliphatic heterocycles. The average Bonchev–Trinajstić information content (AvgIpc) is 2.86. The number of hydrogen-bond donors (Lipinski definition) is 1. The Labute approximate surface area is 114 Å². The summed E-state index contributed by atoms with van der Waals surface area (Å²) in [5.74, 6) is 0.531. The fourth-order valence-corrected chi connectivity index (χ4v) is 2.27. The monoisotopic (exact) mass is 284 g/mol. The summed E-state index contributed by atoms with van der Waals surface area (Å²) < 4.78 is 4.98. The first kappa shape index (κ1) is 13.0. The summed E-state index contributed by atoms with van der Waals surface area (Å²) >= 11 is 7.63. The molecule has 0 amide bonds. The predicted molar refractivity (Wildman–Crippen MR) is 72.4 cm³/mol. The molecular formula is C11H13ClN4OS. The average molecular weight is 285 g/mol. The summed E-state index contributed by atoms with van der Waals surface area (Å²) in [7, 11) is 1.51. The van der Waals surface area contributed by atoms with Crippen LogP contribution in [0.4, 0.5) is 5.82 Å². The molecule has 96 valence electrons. The van der Waals surface area contributed by atoms with Crippen LogP contribution >= 0.6 is 22.9 Å². The van der Waals surface area contributed by atoms with Gasteiger partial charge in [0.2, 0.25) is 0 Å². The highest BCUT2D eigenvalue weighted by atomic mass is 35.5. The van der Waals surface area contributed by atoms with Gasteiger partial charge in [0.25, 0.3) is 0 Å². The minimum Gasteiger partial charge on any atom is -0.467 e. The maximum absolute atomic E-state index is 6.06. The lowest BCUT2D eigenvalue weighted by atomic mass is 10.1. The van der Waals surface area contributed by atoms with Crippen LogP contribution in [-0.4, -0.2) is 22.1 Å². The summed E-state index contributed by atoms with van der Waals surface area (Å²) in [6.45, 7) is 4.02. The molecule has 0 aliphatic carbocycles. The van der Waals surface area contributed by atoms with E-state index in [1.165, 1.54) is 13.3 Å². The summed E-state index contributed by atoms with van der Waals surface area (Å²) in [5, 5.41) is 6.58. The highest BCUT2D eigenvalue weighted by Crippen LogP contribution is 2.30. The van der Waals surface area contributed by atoms with Gasteiger partial charge in [0, 0.05) is 11.6 Å². The first-order valence-electron chi connectivity index (χ1n) is 5.27. The molecule has 7 heteroatoms. The normalized spacial score (nSPS) is 11.3. The fraction of sp³-hybridized carbons (Fsp3) is 0.364. The van der Waals surface area contributed by atoms with Crippen molar-refractivity contribution in [2.75, 3.05) is 12.4 Å². The zero-order valence-corrected chi connectivity index (χ0v) is 11.8. The molecule has 0 saturated carbocycles. The number of aromatic nitrogens is 3. The maximum Gasteiger partial charge on any atom is 0.318 e. The van der Waals surface area contributed by atoms with Crippen LogP contribution < -0.4 is 10.1 Å². The van der Waals surface area contributed by atoms with Gasteiger partial charge in [0.1, 0.15) is 10.0 Å². The quantitative estimate of drug-likeness (QED) is 0.935. The Kier molecular flexibility index (Phi) is 3.68. The third kappa shape index (κ3) is 2.70. The Bertz CT molecular complexity index is 530. The van der Waals surface area contributed by atoms with Gasteiger partial charge < -0.3 is 10.1 Å². The Morgan fingerprint density at radius 2 is 2.17 bits per heavy atom. The number of methoxy groups -OCH3 is 1. The molecule has 0 radical (unpaired) electrons. The Morgan fingerprint density at radius 3 is 2.78 bits per heavy atom. The van der Waals surface area contributed by atoms with Crippen molar-refractivity contribution in [3.63, 3.8) is 0 Å². The largest absolute Gasteiger partial charge is 0.467 e. The molecule has 0 spiro atoms. The van der Waals surface area contributed by atoms with Gasteiger partial charge in [0.05, 0.1) is 18.8 Å². The smallest absolute Gasteiger partial charge is 0.318 e. The van der Waals surface area contributed by atoms with Crippen molar-refractivity contribution >= 4 is 28.8 Å². The van der Waals surface area contributed by atoms with E-state index in [9.17, 15) is 0 Å². The molecule has 2 aromatic rings. The van der Waals surface area contributed by atoms with Gasteiger partial charge in [-0.25, -0.2) is 9.97 Å². The van der Waals surface area contributed by atoms with Crippen molar-refractivity contribution in [3.8, 4) is 6.01 Å². The van der Waals surface area contributed by atoms with E-state index < -0.39 is 0 Å². The number of nitrogens with one attached hydrogen (secondary N) is 1. The summed E-state index contributed by atoms with van der Waals surface area (Å²) in [6.07, 6.45) is 3.28. The number of ether oxygens (including phenoxy) is 1. The molecule has 1 N–H and O–H groups in total. The van der Waals surface area contributed by atoms with Gasteiger partial charge in [0.15, 0.2) is 5.82 Å². The van der Waals surface area contributed by atoms with Crippen molar-refractivity contribution in [3.05, 3.63) is 27.8 Å². The molecule has 0 fully saturated rings. The van der Waals surface area contributed by atoms with E-state index in [1.807, 2.05) is 19.2 Å². The predicted octanol–water partition coefficient (Wildman–Crippen LogP) is 2.94.